The minimum atomic E-state index is 0.901. The summed E-state index contributed by atoms with van der Waals surface area (Å²) in [4.78, 5) is 0. The van der Waals surface area contributed by atoms with E-state index < -0.39 is 0 Å². The lowest BCUT2D eigenvalue weighted by atomic mass is 9.91. The summed E-state index contributed by atoms with van der Waals surface area (Å²) in [7, 11) is 0. The van der Waals surface area contributed by atoms with Crippen LogP contribution in [-0.2, 0) is 11.2 Å². The van der Waals surface area contributed by atoms with Gasteiger partial charge in [0.25, 0.3) is 0 Å². The van der Waals surface area contributed by atoms with Crippen molar-refractivity contribution in [3.8, 4) is 0 Å². The average molecular weight is 494 g/mol. The van der Waals surface area contributed by atoms with Crippen molar-refractivity contribution >= 4 is 48.2 Å². The van der Waals surface area contributed by atoms with Crippen molar-refractivity contribution in [1.29, 1.82) is 0 Å². The summed E-state index contributed by atoms with van der Waals surface area (Å²) in [6.07, 6.45) is 14.3. The Kier molecular flexibility index (Phi) is 9.23. The molecule has 0 spiro atoms. The summed E-state index contributed by atoms with van der Waals surface area (Å²) in [5, 5.41) is 9.50. The highest BCUT2D eigenvalue weighted by Crippen LogP contribution is 2.36. The van der Waals surface area contributed by atoms with Gasteiger partial charge >= 0.3 is 0 Å². The normalized spacial score (nSPS) is 11.9. The summed E-state index contributed by atoms with van der Waals surface area (Å²) in [6.45, 7) is 1.83. The third-order valence-electron chi connectivity index (χ3n) is 6.78. The van der Waals surface area contributed by atoms with Gasteiger partial charge in [-0.25, -0.2) is 0 Å². The summed E-state index contributed by atoms with van der Waals surface area (Å²) >= 11 is 3.50. The molecule has 0 fully saturated rings. The maximum absolute atomic E-state index is 5.91. The summed E-state index contributed by atoms with van der Waals surface area (Å²) in [5.74, 6) is 0. The molecule has 0 aliphatic carbocycles. The number of hydrogen-bond acceptors (Lipinski definition) is 1. The molecule has 170 valence electrons. The molecule has 0 N–H and O–H groups in total. The van der Waals surface area contributed by atoms with E-state index in [1.165, 1.54) is 95.7 Å². The molecule has 0 saturated carbocycles. The average Bonchev–Trinajstić information content (AvgIpc) is 2.83. The SMILES string of the molecule is BrCCCCCCCCCCOCCCCc1ccc2ccc3cccc4ccc1c2c34. The van der Waals surface area contributed by atoms with Gasteiger partial charge in [0.15, 0.2) is 0 Å². The minimum Gasteiger partial charge on any atom is -0.381 e. The maximum atomic E-state index is 5.91. The van der Waals surface area contributed by atoms with Gasteiger partial charge in [0.1, 0.15) is 0 Å². The Bertz CT molecular complexity index is 1070. The Morgan fingerprint density at radius 2 is 1.09 bits per heavy atom. The third kappa shape index (κ3) is 6.02. The molecule has 32 heavy (non-hydrogen) atoms. The van der Waals surface area contributed by atoms with Crippen molar-refractivity contribution in [1.82, 2.24) is 0 Å². The zero-order valence-corrected chi connectivity index (χ0v) is 21.0. The molecule has 0 atom stereocenters. The molecule has 0 heterocycles. The second-order valence-electron chi connectivity index (χ2n) is 9.17. The fraction of sp³-hybridized carbons (Fsp3) is 0.467. The number of hydrogen-bond donors (Lipinski definition) is 0. The van der Waals surface area contributed by atoms with Crippen molar-refractivity contribution in [3.63, 3.8) is 0 Å². The zero-order valence-electron chi connectivity index (χ0n) is 19.4. The van der Waals surface area contributed by atoms with Crippen LogP contribution in [0.25, 0.3) is 32.3 Å². The summed E-state index contributed by atoms with van der Waals surface area (Å²) < 4.78 is 5.91. The third-order valence-corrected chi connectivity index (χ3v) is 7.34. The van der Waals surface area contributed by atoms with E-state index >= 15 is 0 Å². The van der Waals surface area contributed by atoms with Crippen molar-refractivity contribution in [2.75, 3.05) is 18.5 Å². The van der Waals surface area contributed by atoms with E-state index in [1.807, 2.05) is 0 Å². The number of aryl methyl sites for hydroxylation is 1. The van der Waals surface area contributed by atoms with Crippen LogP contribution < -0.4 is 0 Å². The lowest BCUT2D eigenvalue weighted by molar-refractivity contribution is 0.126. The summed E-state index contributed by atoms with van der Waals surface area (Å²) in [5.41, 5.74) is 1.48. The molecule has 0 aliphatic rings. The van der Waals surface area contributed by atoms with Crippen molar-refractivity contribution < 1.29 is 4.74 Å². The molecule has 1 nitrogen and oxygen atoms in total. The lowest BCUT2D eigenvalue weighted by Gasteiger charge is -2.14. The van der Waals surface area contributed by atoms with E-state index in [-0.39, 0.29) is 0 Å². The van der Waals surface area contributed by atoms with Crippen LogP contribution in [0, 0.1) is 0 Å². The van der Waals surface area contributed by atoms with Gasteiger partial charge in [0, 0.05) is 18.5 Å². The first-order chi connectivity index (χ1) is 15.9. The number of unbranched alkanes of at least 4 members (excludes halogenated alkanes) is 8. The Morgan fingerprint density at radius 3 is 1.81 bits per heavy atom. The van der Waals surface area contributed by atoms with Gasteiger partial charge in [-0.1, -0.05) is 109 Å². The Morgan fingerprint density at radius 1 is 0.531 bits per heavy atom. The molecule has 4 aromatic carbocycles. The molecule has 4 aromatic rings. The molecular weight excluding hydrogens is 456 g/mol. The minimum absolute atomic E-state index is 0.901. The maximum Gasteiger partial charge on any atom is 0.0466 e. The largest absolute Gasteiger partial charge is 0.381 e. The number of alkyl halides is 1. The van der Waals surface area contributed by atoms with Gasteiger partial charge in [-0.05, 0) is 70.0 Å². The molecule has 0 unspecified atom stereocenters. The van der Waals surface area contributed by atoms with Crippen LogP contribution in [0.3, 0.4) is 0 Å². The van der Waals surface area contributed by atoms with Crippen LogP contribution in [0.5, 0.6) is 0 Å². The van der Waals surface area contributed by atoms with Gasteiger partial charge in [-0.2, -0.15) is 0 Å². The van der Waals surface area contributed by atoms with Crippen LogP contribution in [0.15, 0.2) is 54.6 Å². The van der Waals surface area contributed by atoms with Gasteiger partial charge in [-0.15, -0.1) is 0 Å². The van der Waals surface area contributed by atoms with Crippen LogP contribution >= 0.6 is 15.9 Å². The first-order valence-corrected chi connectivity index (χ1v) is 13.8. The Balaban J connectivity index is 1.17. The lowest BCUT2D eigenvalue weighted by Crippen LogP contribution is -1.98. The number of rotatable bonds is 15. The van der Waals surface area contributed by atoms with Crippen LogP contribution in [0.4, 0.5) is 0 Å². The van der Waals surface area contributed by atoms with Crippen molar-refractivity contribution in [2.45, 2.75) is 70.6 Å². The zero-order chi connectivity index (χ0) is 22.0. The molecule has 0 aliphatic heterocycles. The van der Waals surface area contributed by atoms with Crippen LogP contribution in [0.2, 0.25) is 0 Å². The standard InChI is InChI=1S/C30H37BrO/c31-21-8-5-3-1-2-4-6-9-22-32-23-10-7-12-24-15-16-27-18-17-25-13-11-14-26-19-20-28(24)30(27)29(25)26/h11,13-20H,1-10,12,21-23H2. The highest BCUT2D eigenvalue weighted by molar-refractivity contribution is 9.09. The predicted octanol–water partition coefficient (Wildman–Crippen LogP) is 9.44. The first-order valence-electron chi connectivity index (χ1n) is 12.7. The van der Waals surface area contributed by atoms with Gasteiger partial charge < -0.3 is 4.74 Å². The van der Waals surface area contributed by atoms with Crippen LogP contribution in [0.1, 0.15) is 69.8 Å². The smallest absolute Gasteiger partial charge is 0.0466 e. The fourth-order valence-electron chi connectivity index (χ4n) is 4.99. The number of benzene rings is 4. The van der Waals surface area contributed by atoms with Gasteiger partial charge in [0.05, 0.1) is 0 Å². The second kappa shape index (κ2) is 12.6. The van der Waals surface area contributed by atoms with E-state index in [4.69, 9.17) is 4.74 Å². The van der Waals surface area contributed by atoms with Crippen LogP contribution in [-0.4, -0.2) is 18.5 Å². The highest BCUT2D eigenvalue weighted by atomic mass is 79.9. The van der Waals surface area contributed by atoms with E-state index in [2.05, 4.69) is 70.5 Å². The molecule has 0 amide bonds. The Hall–Kier alpha value is -1.64. The molecular formula is C30H37BrO. The molecule has 0 radical (unpaired) electrons. The van der Waals surface area contributed by atoms with Crippen molar-refractivity contribution in [2.24, 2.45) is 0 Å². The van der Waals surface area contributed by atoms with Gasteiger partial charge in [-0.3, -0.25) is 0 Å². The first kappa shape index (κ1) is 23.5. The van der Waals surface area contributed by atoms with E-state index in [1.54, 1.807) is 0 Å². The topological polar surface area (TPSA) is 9.23 Å². The van der Waals surface area contributed by atoms with E-state index in [0.717, 1.165) is 31.4 Å². The molecule has 4 rings (SSSR count). The monoisotopic (exact) mass is 492 g/mol. The second-order valence-corrected chi connectivity index (χ2v) is 9.96. The highest BCUT2D eigenvalue weighted by Gasteiger charge is 2.10. The number of halogens is 1. The van der Waals surface area contributed by atoms with Gasteiger partial charge in [0.2, 0.25) is 0 Å². The molecule has 0 bridgehead atoms. The quantitative estimate of drug-likeness (QED) is 0.0910. The molecule has 0 aromatic heterocycles. The molecule has 0 saturated heterocycles. The van der Waals surface area contributed by atoms with Crippen molar-refractivity contribution in [3.05, 3.63) is 60.2 Å². The predicted molar refractivity (Wildman–Crippen MR) is 145 cm³/mol. The van der Waals surface area contributed by atoms with E-state index in [0.29, 0.717) is 0 Å². The fourth-order valence-corrected chi connectivity index (χ4v) is 5.39. The van der Waals surface area contributed by atoms with E-state index in [9.17, 15) is 0 Å². The number of ether oxygens (including phenoxy) is 1. The molecule has 2 heteroatoms. The summed E-state index contributed by atoms with van der Waals surface area (Å²) in [6, 6.07) is 20.4. The Labute approximate surface area is 202 Å².